The van der Waals surface area contributed by atoms with Gasteiger partial charge in [0.15, 0.2) is 0 Å². The van der Waals surface area contributed by atoms with Crippen molar-refractivity contribution in [3.8, 4) is 5.75 Å². The standard InChI is InChI=1S/C16H14Cl2FNO/c1-20-15(14-12(18)3-2-4-13(14)19)11-8-10(17)7-9-5-6-21-16(9)11/h2-4,7-8,15,20H,5-6H2,1H3. The number of hydrogen-bond acceptors (Lipinski definition) is 2. The van der Waals surface area contributed by atoms with E-state index in [-0.39, 0.29) is 5.82 Å². The molecule has 0 saturated carbocycles. The predicted molar refractivity (Wildman–Crippen MR) is 83.0 cm³/mol. The number of halogens is 3. The molecule has 5 heteroatoms. The van der Waals surface area contributed by atoms with Crippen LogP contribution in [0.1, 0.15) is 22.7 Å². The lowest BCUT2D eigenvalue weighted by atomic mass is 9.95. The minimum atomic E-state index is -0.413. The van der Waals surface area contributed by atoms with E-state index in [9.17, 15) is 4.39 Å². The van der Waals surface area contributed by atoms with E-state index in [0.29, 0.717) is 22.2 Å². The van der Waals surface area contributed by atoms with Gasteiger partial charge < -0.3 is 10.1 Å². The summed E-state index contributed by atoms with van der Waals surface area (Å²) in [6.45, 7) is 0.615. The molecule has 1 aliphatic rings. The highest BCUT2D eigenvalue weighted by atomic mass is 35.5. The number of benzene rings is 2. The van der Waals surface area contributed by atoms with Gasteiger partial charge in [0.05, 0.1) is 12.6 Å². The van der Waals surface area contributed by atoms with Crippen LogP contribution in [0.25, 0.3) is 0 Å². The SMILES string of the molecule is CNC(c1cc(Cl)cc2c1OCC2)c1c(F)cccc1Cl. The van der Waals surface area contributed by atoms with Crippen molar-refractivity contribution in [3.05, 3.63) is 62.9 Å². The Labute approximate surface area is 132 Å². The fraction of sp³-hybridized carbons (Fsp3) is 0.250. The first kappa shape index (κ1) is 14.6. The Kier molecular flexibility index (Phi) is 4.07. The Morgan fingerprint density at radius 3 is 2.81 bits per heavy atom. The van der Waals surface area contributed by atoms with Crippen molar-refractivity contribution in [3.63, 3.8) is 0 Å². The van der Waals surface area contributed by atoms with Crippen LogP contribution in [-0.2, 0) is 6.42 Å². The first-order valence-corrected chi connectivity index (χ1v) is 7.43. The monoisotopic (exact) mass is 325 g/mol. The molecule has 0 fully saturated rings. The molecule has 21 heavy (non-hydrogen) atoms. The van der Waals surface area contributed by atoms with E-state index in [2.05, 4.69) is 5.32 Å². The van der Waals surface area contributed by atoms with Gasteiger partial charge in [0.2, 0.25) is 0 Å². The van der Waals surface area contributed by atoms with E-state index in [0.717, 1.165) is 23.3 Å². The van der Waals surface area contributed by atoms with Crippen LogP contribution >= 0.6 is 23.2 Å². The Morgan fingerprint density at radius 1 is 1.29 bits per heavy atom. The molecular formula is C16H14Cl2FNO. The normalized spacial score (nSPS) is 14.7. The molecule has 0 amide bonds. The van der Waals surface area contributed by atoms with Crippen LogP contribution in [0.2, 0.25) is 10.0 Å². The van der Waals surface area contributed by atoms with Crippen molar-refractivity contribution in [2.45, 2.75) is 12.5 Å². The second kappa shape index (κ2) is 5.84. The predicted octanol–water partition coefficient (Wildman–Crippen LogP) is 4.38. The van der Waals surface area contributed by atoms with E-state index < -0.39 is 6.04 Å². The maximum atomic E-state index is 14.2. The van der Waals surface area contributed by atoms with Crippen molar-refractivity contribution in [2.75, 3.05) is 13.7 Å². The number of hydrogen-bond donors (Lipinski definition) is 1. The second-order valence-electron chi connectivity index (χ2n) is 4.94. The van der Waals surface area contributed by atoms with Crippen molar-refractivity contribution in [2.24, 2.45) is 0 Å². The van der Waals surface area contributed by atoms with Gasteiger partial charge in [-0.1, -0.05) is 29.3 Å². The number of fused-ring (bicyclic) bond motifs is 1. The van der Waals surface area contributed by atoms with Crippen molar-refractivity contribution >= 4 is 23.2 Å². The van der Waals surface area contributed by atoms with Crippen molar-refractivity contribution in [1.29, 1.82) is 0 Å². The van der Waals surface area contributed by atoms with Crippen LogP contribution < -0.4 is 10.1 Å². The largest absolute Gasteiger partial charge is 0.493 e. The van der Waals surface area contributed by atoms with Gasteiger partial charge >= 0.3 is 0 Å². The molecule has 1 heterocycles. The fourth-order valence-corrected chi connectivity index (χ4v) is 3.28. The topological polar surface area (TPSA) is 21.3 Å². The van der Waals surface area contributed by atoms with Gasteiger partial charge in [-0.2, -0.15) is 0 Å². The third kappa shape index (κ3) is 2.61. The molecule has 2 aromatic carbocycles. The minimum Gasteiger partial charge on any atom is -0.493 e. The van der Waals surface area contributed by atoms with Crippen LogP contribution in [0.5, 0.6) is 5.75 Å². The van der Waals surface area contributed by atoms with E-state index in [4.69, 9.17) is 27.9 Å². The molecule has 2 aromatic rings. The lowest BCUT2D eigenvalue weighted by Crippen LogP contribution is -2.20. The van der Waals surface area contributed by atoms with Gasteiger partial charge in [-0.25, -0.2) is 4.39 Å². The summed E-state index contributed by atoms with van der Waals surface area (Å²) in [7, 11) is 1.76. The summed E-state index contributed by atoms with van der Waals surface area (Å²) in [5.41, 5.74) is 2.26. The lowest BCUT2D eigenvalue weighted by molar-refractivity contribution is 0.350. The van der Waals surface area contributed by atoms with E-state index in [1.54, 1.807) is 25.2 Å². The average molecular weight is 326 g/mol. The highest BCUT2D eigenvalue weighted by Crippen LogP contribution is 2.40. The molecule has 1 atom stereocenters. The molecule has 0 saturated heterocycles. The van der Waals surface area contributed by atoms with Crippen LogP contribution in [-0.4, -0.2) is 13.7 Å². The zero-order chi connectivity index (χ0) is 15.0. The molecule has 0 spiro atoms. The maximum Gasteiger partial charge on any atom is 0.129 e. The molecule has 2 nitrogen and oxygen atoms in total. The summed E-state index contributed by atoms with van der Waals surface area (Å²) in [4.78, 5) is 0. The molecule has 0 bridgehead atoms. The first-order chi connectivity index (χ1) is 10.1. The summed E-state index contributed by atoms with van der Waals surface area (Å²) in [5, 5.41) is 4.10. The zero-order valence-electron chi connectivity index (χ0n) is 11.4. The highest BCUT2D eigenvalue weighted by molar-refractivity contribution is 6.31. The van der Waals surface area contributed by atoms with E-state index >= 15 is 0 Å². The Hall–Kier alpha value is -1.29. The zero-order valence-corrected chi connectivity index (χ0v) is 12.9. The van der Waals surface area contributed by atoms with Gasteiger partial charge in [0, 0.05) is 27.6 Å². The van der Waals surface area contributed by atoms with Crippen LogP contribution in [0, 0.1) is 5.82 Å². The Morgan fingerprint density at radius 2 is 2.10 bits per heavy atom. The minimum absolute atomic E-state index is 0.353. The van der Waals surface area contributed by atoms with E-state index in [1.807, 2.05) is 6.07 Å². The number of rotatable bonds is 3. The van der Waals surface area contributed by atoms with Crippen molar-refractivity contribution in [1.82, 2.24) is 5.32 Å². The third-order valence-corrected chi connectivity index (χ3v) is 4.21. The summed E-state index contributed by atoms with van der Waals surface area (Å²) in [6.07, 6.45) is 0.810. The molecule has 1 unspecified atom stereocenters. The third-order valence-electron chi connectivity index (χ3n) is 3.67. The van der Waals surface area contributed by atoms with Crippen LogP contribution in [0.4, 0.5) is 4.39 Å². The number of nitrogens with one attached hydrogen (secondary N) is 1. The molecule has 3 rings (SSSR count). The van der Waals surface area contributed by atoms with E-state index in [1.165, 1.54) is 6.07 Å². The highest BCUT2D eigenvalue weighted by Gasteiger charge is 2.26. The fourth-order valence-electron chi connectivity index (χ4n) is 2.75. The van der Waals surface area contributed by atoms with Gasteiger partial charge in [-0.3, -0.25) is 0 Å². The molecule has 0 aromatic heterocycles. The lowest BCUT2D eigenvalue weighted by Gasteiger charge is -2.21. The average Bonchev–Trinajstić information content (AvgIpc) is 2.90. The second-order valence-corrected chi connectivity index (χ2v) is 5.78. The van der Waals surface area contributed by atoms with Gasteiger partial charge in [-0.15, -0.1) is 0 Å². The summed E-state index contributed by atoms with van der Waals surface area (Å²) >= 11 is 12.4. The van der Waals surface area contributed by atoms with Gasteiger partial charge in [0.1, 0.15) is 11.6 Å². The molecular weight excluding hydrogens is 312 g/mol. The molecule has 1 N–H and O–H groups in total. The maximum absolute atomic E-state index is 14.2. The Bertz CT molecular complexity index is 670. The smallest absolute Gasteiger partial charge is 0.129 e. The summed E-state index contributed by atoms with van der Waals surface area (Å²) in [6, 6.07) is 7.95. The molecule has 0 radical (unpaired) electrons. The quantitative estimate of drug-likeness (QED) is 0.904. The van der Waals surface area contributed by atoms with Crippen LogP contribution in [0.3, 0.4) is 0 Å². The first-order valence-electron chi connectivity index (χ1n) is 6.68. The van der Waals surface area contributed by atoms with Gasteiger partial charge in [0.25, 0.3) is 0 Å². The number of ether oxygens (including phenoxy) is 1. The summed E-state index contributed by atoms with van der Waals surface area (Å²) in [5.74, 6) is 0.423. The van der Waals surface area contributed by atoms with Gasteiger partial charge in [-0.05, 0) is 36.9 Å². The van der Waals surface area contributed by atoms with Crippen LogP contribution in [0.15, 0.2) is 30.3 Å². The van der Waals surface area contributed by atoms with Crippen molar-refractivity contribution < 1.29 is 9.13 Å². The Balaban J connectivity index is 2.18. The molecule has 0 aliphatic carbocycles. The molecule has 1 aliphatic heterocycles. The molecule has 110 valence electrons. The summed E-state index contributed by atoms with van der Waals surface area (Å²) < 4.78 is 19.9.